The zero-order chi connectivity index (χ0) is 24.6. The number of aromatic nitrogens is 4. The zero-order valence-corrected chi connectivity index (χ0v) is 20.6. The molecule has 182 valence electrons. The lowest BCUT2D eigenvalue weighted by Gasteiger charge is -2.25. The first-order valence-electron chi connectivity index (χ1n) is 11.7. The van der Waals surface area contributed by atoms with Crippen LogP contribution >= 0.6 is 11.6 Å². The molecule has 4 heterocycles. The number of hydrogen-bond acceptors (Lipinski definition) is 6. The molecule has 1 spiro atoms. The Morgan fingerprint density at radius 3 is 2.66 bits per heavy atom. The summed E-state index contributed by atoms with van der Waals surface area (Å²) in [4.78, 5) is 39.0. The Bertz CT molecular complexity index is 1250. The minimum atomic E-state index is -0.148. The van der Waals surface area contributed by atoms with E-state index in [0.29, 0.717) is 29.6 Å². The van der Waals surface area contributed by atoms with Crippen LogP contribution in [0.3, 0.4) is 0 Å². The molecule has 35 heavy (non-hydrogen) atoms. The first kappa shape index (κ1) is 23.4. The predicted molar refractivity (Wildman–Crippen MR) is 133 cm³/mol. The zero-order valence-electron chi connectivity index (χ0n) is 19.9. The van der Waals surface area contributed by atoms with Gasteiger partial charge in [-0.2, -0.15) is 9.78 Å². The molecule has 0 saturated carbocycles. The second kappa shape index (κ2) is 9.39. The fourth-order valence-electron chi connectivity index (χ4n) is 5.02. The number of amides is 2. The minimum absolute atomic E-state index is 0.0894. The highest BCUT2D eigenvalue weighted by molar-refractivity contribution is 6.31. The van der Waals surface area contributed by atoms with Gasteiger partial charge in [-0.1, -0.05) is 23.7 Å². The van der Waals surface area contributed by atoms with E-state index < -0.39 is 0 Å². The van der Waals surface area contributed by atoms with Gasteiger partial charge in [-0.05, 0) is 37.1 Å². The molecule has 3 aromatic rings. The number of anilines is 1. The Kier molecular flexibility index (Phi) is 6.29. The monoisotopic (exact) mass is 493 g/mol. The van der Waals surface area contributed by atoms with Crippen LogP contribution in [0.4, 0.5) is 10.5 Å². The van der Waals surface area contributed by atoms with Crippen molar-refractivity contribution in [2.45, 2.75) is 26.3 Å². The summed E-state index contributed by atoms with van der Waals surface area (Å²) >= 11 is 6.62. The Labute approximate surface area is 209 Å². The van der Waals surface area contributed by atoms with Gasteiger partial charge in [0.05, 0.1) is 18.1 Å². The van der Waals surface area contributed by atoms with Gasteiger partial charge in [-0.25, -0.2) is 14.8 Å². The summed E-state index contributed by atoms with van der Waals surface area (Å²) in [7, 11) is 1.67. The van der Waals surface area contributed by atoms with E-state index in [1.165, 1.54) is 16.5 Å². The molecule has 1 unspecified atom stereocenters. The minimum Gasteiger partial charge on any atom is -0.322 e. The first-order valence-corrected chi connectivity index (χ1v) is 12.1. The Morgan fingerprint density at radius 2 is 1.91 bits per heavy atom. The van der Waals surface area contributed by atoms with Crippen LogP contribution in [0.1, 0.15) is 25.3 Å². The van der Waals surface area contributed by atoms with Gasteiger partial charge in [0.1, 0.15) is 0 Å². The van der Waals surface area contributed by atoms with E-state index in [1.54, 1.807) is 37.9 Å². The van der Waals surface area contributed by atoms with Gasteiger partial charge in [0.15, 0.2) is 5.82 Å². The Morgan fingerprint density at radius 1 is 1.14 bits per heavy atom. The summed E-state index contributed by atoms with van der Waals surface area (Å²) in [6.45, 7) is 5.55. The van der Waals surface area contributed by atoms with E-state index in [1.807, 2.05) is 17.0 Å². The van der Waals surface area contributed by atoms with E-state index in [4.69, 9.17) is 11.6 Å². The normalized spacial score (nSPS) is 20.0. The molecule has 0 aliphatic carbocycles. The third-order valence-corrected chi connectivity index (χ3v) is 7.47. The molecule has 1 atom stereocenters. The predicted octanol–water partition coefficient (Wildman–Crippen LogP) is 3.54. The smallest absolute Gasteiger partial charge is 0.322 e. The van der Waals surface area contributed by atoms with Gasteiger partial charge in [-0.15, -0.1) is 0 Å². The van der Waals surface area contributed by atoms with Gasteiger partial charge in [0.2, 0.25) is 5.91 Å². The van der Waals surface area contributed by atoms with Crippen molar-refractivity contribution in [3.63, 3.8) is 0 Å². The van der Waals surface area contributed by atoms with E-state index in [9.17, 15) is 9.59 Å². The van der Waals surface area contributed by atoms with Crippen molar-refractivity contribution in [1.29, 1.82) is 0 Å². The number of carbonyl (C=O) groups is 2. The summed E-state index contributed by atoms with van der Waals surface area (Å²) in [5.74, 6) is 0.556. The van der Waals surface area contributed by atoms with Crippen LogP contribution in [0.25, 0.3) is 11.4 Å². The lowest BCUT2D eigenvalue weighted by atomic mass is 9.86. The molecule has 0 N–H and O–H groups in total. The highest BCUT2D eigenvalue weighted by Gasteiger charge is 2.45. The maximum absolute atomic E-state index is 13.0. The topological polar surface area (TPSA) is 87.5 Å². The third kappa shape index (κ3) is 4.78. The molecule has 10 heteroatoms. The second-order valence-corrected chi connectivity index (χ2v) is 9.92. The molecule has 2 aliphatic heterocycles. The van der Waals surface area contributed by atoms with Crippen molar-refractivity contribution in [3.05, 3.63) is 59.6 Å². The second-order valence-electron chi connectivity index (χ2n) is 9.51. The van der Waals surface area contributed by atoms with Gasteiger partial charge < -0.3 is 9.80 Å². The highest BCUT2D eigenvalue weighted by Crippen LogP contribution is 2.40. The number of benzene rings is 1. The summed E-state index contributed by atoms with van der Waals surface area (Å²) in [5.41, 5.74) is 2.67. The number of nitrogens with zero attached hydrogens (tertiary/aromatic N) is 7. The van der Waals surface area contributed by atoms with E-state index >= 15 is 0 Å². The Balaban J connectivity index is 1.21. The summed E-state index contributed by atoms with van der Waals surface area (Å²) in [5, 5.41) is 4.90. The summed E-state index contributed by atoms with van der Waals surface area (Å²) < 4.78 is 1.33. The molecule has 2 aliphatic rings. The Hall–Kier alpha value is -3.30. The summed E-state index contributed by atoms with van der Waals surface area (Å²) in [6.07, 6.45) is 8.61. The number of carbonyl (C=O) groups excluding carboxylic acids is 2. The highest BCUT2D eigenvalue weighted by atomic mass is 35.5. The quantitative estimate of drug-likeness (QED) is 0.552. The van der Waals surface area contributed by atoms with Crippen molar-refractivity contribution < 1.29 is 9.59 Å². The fourth-order valence-corrected chi connectivity index (χ4v) is 5.26. The van der Waals surface area contributed by atoms with Crippen LogP contribution < -0.4 is 4.90 Å². The van der Waals surface area contributed by atoms with Crippen LogP contribution in [0.15, 0.2) is 49.1 Å². The van der Waals surface area contributed by atoms with Gasteiger partial charge in [-0.3, -0.25) is 9.69 Å². The van der Waals surface area contributed by atoms with Crippen molar-refractivity contribution >= 4 is 29.2 Å². The van der Waals surface area contributed by atoms with Crippen LogP contribution in [0, 0.1) is 5.41 Å². The number of halogens is 1. The molecule has 5 rings (SSSR count). The molecule has 0 radical (unpaired) electrons. The van der Waals surface area contributed by atoms with Crippen LogP contribution in [-0.4, -0.2) is 74.7 Å². The summed E-state index contributed by atoms with van der Waals surface area (Å²) in [6, 6.07) is 7.64. The third-order valence-electron chi connectivity index (χ3n) is 7.12. The standard InChI is InChI=1S/C25H28ClN7O2/c1-18(34)30(2)21-13-29-33(15-21)24(35)32-11-7-25(17-32)6-10-31(16-25)14-20-5-4-19(12-22(20)26)23-27-8-3-9-28-23/h3-5,8-9,12-13,15H,6-7,10-11,14,16-17H2,1-2H3. The average Bonchev–Trinajstić information content (AvgIpc) is 3.61. The first-order chi connectivity index (χ1) is 16.8. The van der Waals surface area contributed by atoms with Gasteiger partial charge in [0.25, 0.3) is 0 Å². The molecule has 9 nitrogen and oxygen atoms in total. The number of rotatable bonds is 4. The van der Waals surface area contributed by atoms with E-state index in [2.05, 4.69) is 26.0 Å². The van der Waals surface area contributed by atoms with Crippen LogP contribution in [-0.2, 0) is 11.3 Å². The van der Waals surface area contributed by atoms with Crippen molar-refractivity contribution in [2.24, 2.45) is 5.41 Å². The molecule has 1 aromatic carbocycles. The maximum atomic E-state index is 13.0. The molecule has 0 bridgehead atoms. The van der Waals surface area contributed by atoms with Crippen LogP contribution in [0.5, 0.6) is 0 Å². The fraction of sp³-hybridized carbons (Fsp3) is 0.400. The van der Waals surface area contributed by atoms with Crippen molar-refractivity contribution in [2.75, 3.05) is 38.1 Å². The molecule has 2 saturated heterocycles. The largest absolute Gasteiger partial charge is 0.344 e. The lowest BCUT2D eigenvalue weighted by molar-refractivity contribution is -0.116. The van der Waals surface area contributed by atoms with Gasteiger partial charge in [0, 0.05) is 68.5 Å². The van der Waals surface area contributed by atoms with E-state index in [-0.39, 0.29) is 17.4 Å². The SMILES string of the molecule is CC(=O)N(C)c1cnn(C(=O)N2CCC3(CCN(Cc4ccc(-c5ncccn5)cc4Cl)C3)C2)c1. The van der Waals surface area contributed by atoms with Crippen molar-refractivity contribution in [1.82, 2.24) is 29.5 Å². The molecule has 2 aromatic heterocycles. The number of hydrogen-bond donors (Lipinski definition) is 0. The van der Waals surface area contributed by atoms with Gasteiger partial charge >= 0.3 is 6.03 Å². The molecule has 2 amide bonds. The maximum Gasteiger partial charge on any atom is 0.344 e. The van der Waals surface area contributed by atoms with Crippen molar-refractivity contribution in [3.8, 4) is 11.4 Å². The molecular formula is C25H28ClN7O2. The molecular weight excluding hydrogens is 466 g/mol. The van der Waals surface area contributed by atoms with E-state index in [0.717, 1.165) is 43.6 Å². The van der Waals surface area contributed by atoms with Crippen LogP contribution in [0.2, 0.25) is 5.02 Å². The number of likely N-dealkylation sites (tertiary alicyclic amines) is 2. The average molecular weight is 494 g/mol. The lowest BCUT2D eigenvalue weighted by Crippen LogP contribution is -2.36. The molecule has 2 fully saturated rings.